The SMILES string of the molecule is CC(C)Oc1ccccc1NC(=O)CNC(=O)NC1CCCCC1. The minimum absolute atomic E-state index is 0.0162. The number of carbonyl (C=O) groups is 2. The summed E-state index contributed by atoms with van der Waals surface area (Å²) in [6.07, 6.45) is 5.58. The normalized spacial score (nSPS) is 15.0. The molecule has 3 amide bonds. The van der Waals surface area contributed by atoms with Crippen LogP contribution < -0.4 is 20.7 Å². The standard InChI is InChI=1S/C18H27N3O3/c1-13(2)24-16-11-7-6-10-15(16)21-17(22)12-19-18(23)20-14-8-4-3-5-9-14/h6-7,10-11,13-14H,3-5,8-9,12H2,1-2H3,(H,21,22)(H2,19,20,23). The van der Waals surface area contributed by atoms with Crippen molar-refractivity contribution < 1.29 is 14.3 Å². The van der Waals surface area contributed by atoms with Gasteiger partial charge in [0.1, 0.15) is 5.75 Å². The van der Waals surface area contributed by atoms with Crippen LogP contribution in [0.2, 0.25) is 0 Å². The van der Waals surface area contributed by atoms with Crippen molar-refractivity contribution in [3.8, 4) is 5.75 Å². The first kappa shape index (κ1) is 18.1. The van der Waals surface area contributed by atoms with Crippen LogP contribution in [0.3, 0.4) is 0 Å². The molecule has 1 saturated carbocycles. The summed E-state index contributed by atoms with van der Waals surface area (Å²) in [4.78, 5) is 23.9. The molecule has 0 aliphatic heterocycles. The Morgan fingerprint density at radius 3 is 2.58 bits per heavy atom. The van der Waals surface area contributed by atoms with Gasteiger partial charge in [-0.25, -0.2) is 4.79 Å². The minimum atomic E-state index is -0.288. The van der Waals surface area contributed by atoms with Crippen molar-refractivity contribution in [2.24, 2.45) is 0 Å². The number of ether oxygens (including phenoxy) is 1. The highest BCUT2D eigenvalue weighted by Crippen LogP contribution is 2.24. The number of amides is 3. The maximum Gasteiger partial charge on any atom is 0.315 e. The van der Waals surface area contributed by atoms with Crippen LogP contribution in [0.15, 0.2) is 24.3 Å². The Bertz CT molecular complexity index is 554. The molecule has 1 aliphatic rings. The number of urea groups is 1. The Kier molecular flexibility index (Phi) is 6.90. The third kappa shape index (κ3) is 6.10. The van der Waals surface area contributed by atoms with Crippen molar-refractivity contribution >= 4 is 17.6 Å². The van der Waals surface area contributed by atoms with E-state index in [-0.39, 0.29) is 30.6 Å². The summed E-state index contributed by atoms with van der Waals surface area (Å²) in [5.74, 6) is 0.334. The summed E-state index contributed by atoms with van der Waals surface area (Å²) in [6.45, 7) is 3.78. The molecule has 0 bridgehead atoms. The molecular weight excluding hydrogens is 306 g/mol. The average molecular weight is 333 g/mol. The molecule has 0 spiro atoms. The van der Waals surface area contributed by atoms with E-state index in [0.717, 1.165) is 25.7 Å². The van der Waals surface area contributed by atoms with Crippen LogP contribution in [0, 0.1) is 0 Å². The summed E-state index contributed by atoms with van der Waals surface area (Å²) < 4.78 is 5.66. The minimum Gasteiger partial charge on any atom is -0.489 e. The van der Waals surface area contributed by atoms with Gasteiger partial charge >= 0.3 is 6.03 Å². The Hall–Kier alpha value is -2.24. The number of hydrogen-bond acceptors (Lipinski definition) is 3. The molecule has 1 aliphatic carbocycles. The van der Waals surface area contributed by atoms with E-state index in [1.807, 2.05) is 26.0 Å². The van der Waals surface area contributed by atoms with Gasteiger partial charge in [-0.15, -0.1) is 0 Å². The first-order chi connectivity index (χ1) is 11.5. The molecule has 0 atom stereocenters. The van der Waals surface area contributed by atoms with Gasteiger partial charge in [0.2, 0.25) is 5.91 Å². The quantitative estimate of drug-likeness (QED) is 0.748. The summed E-state index contributed by atoms with van der Waals surface area (Å²) in [7, 11) is 0. The number of benzene rings is 1. The van der Waals surface area contributed by atoms with Crippen LogP contribution >= 0.6 is 0 Å². The fraction of sp³-hybridized carbons (Fsp3) is 0.556. The molecule has 1 aromatic rings. The van der Waals surface area contributed by atoms with E-state index in [2.05, 4.69) is 16.0 Å². The molecule has 1 aromatic carbocycles. The van der Waals surface area contributed by atoms with Crippen molar-refractivity contribution in [1.29, 1.82) is 0 Å². The second-order valence-corrected chi connectivity index (χ2v) is 6.37. The van der Waals surface area contributed by atoms with Crippen molar-refractivity contribution in [2.45, 2.75) is 58.1 Å². The number of rotatable bonds is 6. The lowest BCUT2D eigenvalue weighted by atomic mass is 9.96. The van der Waals surface area contributed by atoms with E-state index in [4.69, 9.17) is 4.74 Å². The third-order valence-electron chi connectivity index (χ3n) is 3.87. The Morgan fingerprint density at radius 2 is 1.88 bits per heavy atom. The highest BCUT2D eigenvalue weighted by Gasteiger charge is 2.16. The van der Waals surface area contributed by atoms with Crippen molar-refractivity contribution in [3.05, 3.63) is 24.3 Å². The highest BCUT2D eigenvalue weighted by molar-refractivity contribution is 5.95. The van der Waals surface area contributed by atoms with Gasteiger partial charge in [-0.2, -0.15) is 0 Å². The van der Waals surface area contributed by atoms with Gasteiger partial charge in [-0.1, -0.05) is 31.4 Å². The van der Waals surface area contributed by atoms with Crippen LogP contribution in [-0.4, -0.2) is 30.6 Å². The lowest BCUT2D eigenvalue weighted by molar-refractivity contribution is -0.115. The molecule has 0 heterocycles. The first-order valence-electron chi connectivity index (χ1n) is 8.64. The predicted octanol–water partition coefficient (Wildman–Crippen LogP) is 3.04. The van der Waals surface area contributed by atoms with Gasteiger partial charge < -0.3 is 20.7 Å². The largest absolute Gasteiger partial charge is 0.489 e. The second-order valence-electron chi connectivity index (χ2n) is 6.37. The smallest absolute Gasteiger partial charge is 0.315 e. The van der Waals surface area contributed by atoms with Crippen LogP contribution in [-0.2, 0) is 4.79 Å². The highest BCUT2D eigenvalue weighted by atomic mass is 16.5. The van der Waals surface area contributed by atoms with Crippen molar-refractivity contribution in [3.63, 3.8) is 0 Å². The number of nitrogens with one attached hydrogen (secondary N) is 3. The maximum absolute atomic E-state index is 12.0. The van der Waals surface area contributed by atoms with Gasteiger partial charge in [-0.05, 0) is 38.8 Å². The van der Waals surface area contributed by atoms with Crippen molar-refractivity contribution in [1.82, 2.24) is 10.6 Å². The van der Waals surface area contributed by atoms with Gasteiger partial charge in [0.25, 0.3) is 0 Å². The number of carbonyl (C=O) groups excluding carboxylic acids is 2. The first-order valence-corrected chi connectivity index (χ1v) is 8.64. The molecule has 6 nitrogen and oxygen atoms in total. The molecule has 0 aromatic heterocycles. The van der Waals surface area contributed by atoms with E-state index >= 15 is 0 Å². The molecule has 0 unspecified atom stereocenters. The Morgan fingerprint density at radius 1 is 1.17 bits per heavy atom. The monoisotopic (exact) mass is 333 g/mol. The summed E-state index contributed by atoms with van der Waals surface area (Å²) in [5, 5.41) is 8.30. The molecule has 2 rings (SSSR count). The second kappa shape index (κ2) is 9.15. The Labute approximate surface area is 143 Å². The van der Waals surface area contributed by atoms with Gasteiger partial charge in [0.15, 0.2) is 0 Å². The molecule has 3 N–H and O–H groups in total. The molecule has 0 radical (unpaired) electrons. The van der Waals surface area contributed by atoms with E-state index in [1.165, 1.54) is 6.42 Å². The van der Waals surface area contributed by atoms with E-state index in [1.54, 1.807) is 12.1 Å². The maximum atomic E-state index is 12.0. The van der Waals surface area contributed by atoms with E-state index in [9.17, 15) is 9.59 Å². The molecule has 1 fully saturated rings. The molecule has 0 saturated heterocycles. The molecular formula is C18H27N3O3. The van der Waals surface area contributed by atoms with Crippen LogP contribution in [0.5, 0.6) is 5.75 Å². The van der Waals surface area contributed by atoms with E-state index in [0.29, 0.717) is 11.4 Å². The fourth-order valence-corrected chi connectivity index (χ4v) is 2.76. The molecule has 24 heavy (non-hydrogen) atoms. The number of hydrogen-bond donors (Lipinski definition) is 3. The number of anilines is 1. The molecule has 132 valence electrons. The van der Waals surface area contributed by atoms with Gasteiger partial charge in [-0.3, -0.25) is 4.79 Å². The van der Waals surface area contributed by atoms with Crippen LogP contribution in [0.1, 0.15) is 46.0 Å². The fourth-order valence-electron chi connectivity index (χ4n) is 2.76. The third-order valence-corrected chi connectivity index (χ3v) is 3.87. The van der Waals surface area contributed by atoms with E-state index < -0.39 is 0 Å². The summed E-state index contributed by atoms with van der Waals surface area (Å²) in [6, 6.07) is 7.19. The zero-order chi connectivity index (χ0) is 17.4. The van der Waals surface area contributed by atoms with Crippen LogP contribution in [0.25, 0.3) is 0 Å². The number of para-hydroxylation sites is 2. The van der Waals surface area contributed by atoms with Crippen LogP contribution in [0.4, 0.5) is 10.5 Å². The van der Waals surface area contributed by atoms with Crippen molar-refractivity contribution in [2.75, 3.05) is 11.9 Å². The predicted molar refractivity (Wildman–Crippen MR) is 94.2 cm³/mol. The Balaban J connectivity index is 1.77. The zero-order valence-electron chi connectivity index (χ0n) is 14.4. The molecule has 6 heteroatoms. The topological polar surface area (TPSA) is 79.5 Å². The van der Waals surface area contributed by atoms with Gasteiger partial charge in [0, 0.05) is 6.04 Å². The lowest BCUT2D eigenvalue weighted by Crippen LogP contribution is -2.45. The van der Waals surface area contributed by atoms with Gasteiger partial charge in [0.05, 0.1) is 18.3 Å². The summed E-state index contributed by atoms with van der Waals surface area (Å²) >= 11 is 0. The zero-order valence-corrected chi connectivity index (χ0v) is 14.4. The average Bonchev–Trinajstić information content (AvgIpc) is 2.55. The summed E-state index contributed by atoms with van der Waals surface area (Å²) in [5.41, 5.74) is 0.602. The lowest BCUT2D eigenvalue weighted by Gasteiger charge is -2.22.